The van der Waals surface area contributed by atoms with Crippen LogP contribution < -0.4 is 0 Å². The van der Waals surface area contributed by atoms with Crippen LogP contribution in [0.2, 0.25) is 0 Å². The normalized spacial score (nSPS) is 11.0. The molecule has 0 radical (unpaired) electrons. The van der Waals surface area contributed by atoms with Crippen molar-refractivity contribution in [2.45, 2.75) is 46.5 Å². The zero-order valence-corrected chi connectivity index (χ0v) is 16.0. The lowest BCUT2D eigenvalue weighted by molar-refractivity contribution is -0.141. The molecule has 0 saturated heterocycles. The van der Waals surface area contributed by atoms with Gasteiger partial charge in [-0.25, -0.2) is 9.59 Å². The Balaban J connectivity index is 2.82. The van der Waals surface area contributed by atoms with Gasteiger partial charge in [-0.2, -0.15) is 0 Å². The van der Waals surface area contributed by atoms with Crippen LogP contribution in [-0.4, -0.2) is 45.2 Å². The third-order valence-corrected chi connectivity index (χ3v) is 4.97. The highest BCUT2D eigenvalue weighted by molar-refractivity contribution is 5.91. The second-order valence-corrected chi connectivity index (χ2v) is 6.31. The molecular weight excluding hydrogens is 352 g/mol. The third-order valence-electron chi connectivity index (χ3n) is 4.97. The second-order valence-electron chi connectivity index (χ2n) is 6.31. The highest BCUT2D eigenvalue weighted by Crippen LogP contribution is 2.35. The van der Waals surface area contributed by atoms with Gasteiger partial charge in [0.2, 0.25) is 0 Å². The van der Waals surface area contributed by atoms with Crippen LogP contribution in [0.15, 0.2) is 0 Å². The van der Waals surface area contributed by atoms with Crippen molar-refractivity contribution < 1.29 is 29.3 Å². The number of rotatable bonds is 7. The maximum absolute atomic E-state index is 12.7. The average molecular weight is 376 g/mol. The molecule has 0 aliphatic carbocycles. The van der Waals surface area contributed by atoms with E-state index in [1.54, 1.807) is 13.8 Å². The van der Waals surface area contributed by atoms with E-state index in [-0.39, 0.29) is 11.4 Å². The molecule has 0 unspecified atom stereocenters. The van der Waals surface area contributed by atoms with Gasteiger partial charge in [-0.1, -0.05) is 13.8 Å². The summed E-state index contributed by atoms with van der Waals surface area (Å²) >= 11 is 0. The van der Waals surface area contributed by atoms with Crippen molar-refractivity contribution in [2.75, 3.05) is 7.11 Å². The van der Waals surface area contributed by atoms with Gasteiger partial charge in [0.05, 0.1) is 7.11 Å². The van der Waals surface area contributed by atoms with Gasteiger partial charge in [0.15, 0.2) is 0 Å². The van der Waals surface area contributed by atoms with Crippen molar-refractivity contribution in [3.63, 3.8) is 0 Å². The SMILES string of the molecule is CCc1c(C(C(=O)OC)c2[nH]c(C(=O)O)c(C)c2CC)[nH]c(C(=O)O)c1C. The predicted molar refractivity (Wildman–Crippen MR) is 97.6 cm³/mol. The molecular formula is C19H24N2O6. The monoisotopic (exact) mass is 376 g/mol. The third kappa shape index (κ3) is 3.34. The van der Waals surface area contributed by atoms with Crippen molar-refractivity contribution in [3.05, 3.63) is 45.0 Å². The van der Waals surface area contributed by atoms with E-state index >= 15 is 0 Å². The molecule has 0 saturated carbocycles. The molecule has 0 spiro atoms. The number of nitrogens with one attached hydrogen (secondary N) is 2. The summed E-state index contributed by atoms with van der Waals surface area (Å²) in [6.45, 7) is 7.09. The molecule has 2 aromatic heterocycles. The van der Waals surface area contributed by atoms with E-state index in [0.717, 1.165) is 0 Å². The smallest absolute Gasteiger partial charge is 0.352 e. The van der Waals surface area contributed by atoms with Crippen molar-refractivity contribution in [1.82, 2.24) is 9.97 Å². The molecule has 0 fully saturated rings. The van der Waals surface area contributed by atoms with Crippen molar-refractivity contribution in [2.24, 2.45) is 0 Å². The van der Waals surface area contributed by atoms with Gasteiger partial charge in [0.1, 0.15) is 17.3 Å². The Bertz CT molecular complexity index is 840. The minimum absolute atomic E-state index is 0.00976. The molecule has 0 bridgehead atoms. The van der Waals surface area contributed by atoms with E-state index in [9.17, 15) is 24.6 Å². The first kappa shape index (κ1) is 20.3. The molecule has 2 heterocycles. The fourth-order valence-corrected chi connectivity index (χ4v) is 3.64. The topological polar surface area (TPSA) is 132 Å². The summed E-state index contributed by atoms with van der Waals surface area (Å²) in [4.78, 5) is 41.5. The summed E-state index contributed by atoms with van der Waals surface area (Å²) in [5, 5.41) is 18.9. The minimum atomic E-state index is -1.12. The Labute approximate surface area is 156 Å². The summed E-state index contributed by atoms with van der Waals surface area (Å²) < 4.78 is 4.97. The molecule has 0 aromatic carbocycles. The Hall–Kier alpha value is -3.03. The maximum Gasteiger partial charge on any atom is 0.352 e. The van der Waals surface area contributed by atoms with Crippen molar-refractivity contribution in [1.29, 1.82) is 0 Å². The largest absolute Gasteiger partial charge is 0.477 e. The molecule has 0 aliphatic rings. The predicted octanol–water partition coefficient (Wildman–Crippen LogP) is 2.79. The molecule has 8 heteroatoms. The van der Waals surface area contributed by atoms with Crippen LogP contribution >= 0.6 is 0 Å². The number of aromatic amines is 2. The lowest BCUT2D eigenvalue weighted by Crippen LogP contribution is -2.19. The standard InChI is InChI=1S/C19H24N2O6/c1-6-10-8(3)13(17(22)23)20-15(10)12(19(26)27-5)16-11(7-2)9(4)14(21-16)18(24)25/h12,20-21H,6-7H2,1-5H3,(H,22,23)(H,24,25). The minimum Gasteiger partial charge on any atom is -0.477 e. The van der Waals surface area contributed by atoms with Gasteiger partial charge in [-0.3, -0.25) is 4.79 Å². The molecule has 0 amide bonds. The number of methoxy groups -OCH3 is 1. The van der Waals surface area contributed by atoms with Crippen molar-refractivity contribution >= 4 is 17.9 Å². The van der Waals surface area contributed by atoms with Gasteiger partial charge < -0.3 is 24.9 Å². The zero-order chi connectivity index (χ0) is 20.5. The van der Waals surface area contributed by atoms with Crippen LogP contribution in [0, 0.1) is 13.8 Å². The van der Waals surface area contributed by atoms with Crippen molar-refractivity contribution in [3.8, 4) is 0 Å². The number of carboxylic acids is 2. The summed E-state index contributed by atoms with van der Waals surface area (Å²) in [7, 11) is 1.24. The van der Waals surface area contributed by atoms with E-state index < -0.39 is 23.8 Å². The molecule has 27 heavy (non-hydrogen) atoms. The van der Waals surface area contributed by atoms with Gasteiger partial charge in [0.25, 0.3) is 0 Å². The Morgan fingerprint density at radius 2 is 1.26 bits per heavy atom. The second kappa shape index (κ2) is 7.69. The number of esters is 1. The van der Waals surface area contributed by atoms with E-state index in [2.05, 4.69) is 9.97 Å². The van der Waals surface area contributed by atoms with E-state index in [1.807, 2.05) is 13.8 Å². The molecule has 0 atom stereocenters. The lowest BCUT2D eigenvalue weighted by atomic mass is 9.91. The first-order valence-electron chi connectivity index (χ1n) is 8.66. The lowest BCUT2D eigenvalue weighted by Gasteiger charge is -2.16. The fraction of sp³-hybridized carbons (Fsp3) is 0.421. The van der Waals surface area contributed by atoms with Crippen LogP contribution in [0.25, 0.3) is 0 Å². The quantitative estimate of drug-likeness (QED) is 0.549. The molecule has 2 rings (SSSR count). The number of carbonyl (C=O) groups excluding carboxylic acids is 1. The highest BCUT2D eigenvalue weighted by atomic mass is 16.5. The van der Waals surface area contributed by atoms with Gasteiger partial charge >= 0.3 is 17.9 Å². The maximum atomic E-state index is 12.7. The number of aromatic carboxylic acids is 2. The molecule has 0 aliphatic heterocycles. The van der Waals surface area contributed by atoms with Crippen LogP contribution in [0.5, 0.6) is 0 Å². The molecule has 146 valence electrons. The summed E-state index contributed by atoms with van der Waals surface area (Å²) in [5.41, 5.74) is 3.34. The van der Waals surface area contributed by atoms with Gasteiger partial charge in [-0.15, -0.1) is 0 Å². The van der Waals surface area contributed by atoms with Crippen LogP contribution in [0.4, 0.5) is 0 Å². The number of H-pyrrole nitrogens is 2. The Morgan fingerprint density at radius 1 is 0.889 bits per heavy atom. The molecule has 8 nitrogen and oxygen atoms in total. The first-order chi connectivity index (χ1) is 12.7. The highest BCUT2D eigenvalue weighted by Gasteiger charge is 2.34. The fourth-order valence-electron chi connectivity index (χ4n) is 3.64. The van der Waals surface area contributed by atoms with E-state index in [4.69, 9.17) is 4.74 Å². The number of carboxylic acid groups (broad SMARTS) is 2. The van der Waals surface area contributed by atoms with Gasteiger partial charge in [-0.05, 0) is 48.9 Å². The summed E-state index contributed by atoms with van der Waals surface area (Å²) in [5.74, 6) is -3.82. The van der Waals surface area contributed by atoms with Gasteiger partial charge in [0, 0.05) is 11.4 Å². The first-order valence-corrected chi connectivity index (χ1v) is 8.66. The summed E-state index contributed by atoms with van der Waals surface area (Å²) in [6.07, 6.45) is 1.01. The zero-order valence-electron chi connectivity index (χ0n) is 16.0. The van der Waals surface area contributed by atoms with Crippen LogP contribution in [0.1, 0.15) is 74.4 Å². The van der Waals surface area contributed by atoms with E-state index in [0.29, 0.717) is 46.5 Å². The molecule has 4 N–H and O–H groups in total. The Morgan fingerprint density at radius 3 is 1.52 bits per heavy atom. The number of carbonyl (C=O) groups is 3. The number of aromatic nitrogens is 2. The van der Waals surface area contributed by atoms with Crippen LogP contribution in [-0.2, 0) is 22.4 Å². The average Bonchev–Trinajstić information content (AvgIpc) is 3.12. The molecule has 2 aromatic rings. The number of ether oxygens (including phenoxy) is 1. The number of hydrogen-bond acceptors (Lipinski definition) is 4. The van der Waals surface area contributed by atoms with E-state index in [1.165, 1.54) is 7.11 Å². The Kier molecular flexibility index (Phi) is 5.78. The summed E-state index contributed by atoms with van der Waals surface area (Å²) in [6, 6.07) is 0. The number of hydrogen-bond donors (Lipinski definition) is 4. The van der Waals surface area contributed by atoms with Crippen LogP contribution in [0.3, 0.4) is 0 Å².